The third kappa shape index (κ3) is 4.87. The molecule has 0 bridgehead atoms. The number of carbonyl (C=O) groups excluding carboxylic acids is 3. The predicted octanol–water partition coefficient (Wildman–Crippen LogP) is 1.40. The van der Waals surface area contributed by atoms with E-state index in [0.29, 0.717) is 11.5 Å². The highest BCUT2D eigenvalue weighted by Gasteiger charge is 2.35. The van der Waals surface area contributed by atoms with E-state index in [1.165, 1.54) is 11.3 Å². The van der Waals surface area contributed by atoms with Crippen molar-refractivity contribution in [3.05, 3.63) is 22.4 Å². The summed E-state index contributed by atoms with van der Waals surface area (Å²) in [5.74, 6) is -0.502. The van der Waals surface area contributed by atoms with Gasteiger partial charge < -0.3 is 15.4 Å². The lowest BCUT2D eigenvalue weighted by atomic mass is 9.99. The lowest BCUT2D eigenvalue weighted by Gasteiger charge is -2.35. The molecule has 2 aliphatic rings. The minimum Gasteiger partial charge on any atom is -0.464 e. The molecular weight excluding hydrogens is 366 g/mol. The number of hydrogen-bond acceptors (Lipinski definition) is 6. The van der Waals surface area contributed by atoms with Gasteiger partial charge in [0.05, 0.1) is 11.5 Å². The Morgan fingerprint density at radius 2 is 2.00 bits per heavy atom. The number of nitrogens with one attached hydrogen (secondary N) is 2. The summed E-state index contributed by atoms with van der Waals surface area (Å²) in [6, 6.07) is 2.93. The Bertz CT molecular complexity index is 669. The summed E-state index contributed by atoms with van der Waals surface area (Å²) in [4.78, 5) is 39.5. The average Bonchev–Trinajstić information content (AvgIpc) is 3.31. The van der Waals surface area contributed by atoms with Crippen LogP contribution in [-0.2, 0) is 14.3 Å². The molecule has 27 heavy (non-hydrogen) atoms. The Hall–Kier alpha value is -1.93. The van der Waals surface area contributed by atoms with Crippen molar-refractivity contribution in [2.75, 3.05) is 19.7 Å². The fraction of sp³-hybridized carbons (Fsp3) is 0.632. The van der Waals surface area contributed by atoms with Crippen LogP contribution in [0, 0.1) is 5.92 Å². The fourth-order valence-corrected chi connectivity index (χ4v) is 4.25. The van der Waals surface area contributed by atoms with Crippen LogP contribution in [0.2, 0.25) is 0 Å². The molecule has 7 nitrogen and oxygen atoms in total. The number of thiophene rings is 1. The molecule has 2 fully saturated rings. The Morgan fingerprint density at radius 3 is 2.56 bits per heavy atom. The van der Waals surface area contributed by atoms with E-state index in [4.69, 9.17) is 4.74 Å². The maximum absolute atomic E-state index is 12.7. The van der Waals surface area contributed by atoms with E-state index in [1.807, 2.05) is 25.3 Å². The number of ether oxygens (including phenoxy) is 1. The van der Waals surface area contributed by atoms with Gasteiger partial charge >= 0.3 is 5.97 Å². The molecule has 2 amide bonds. The van der Waals surface area contributed by atoms with Crippen molar-refractivity contribution >= 4 is 29.1 Å². The Balaban J connectivity index is 1.50. The van der Waals surface area contributed by atoms with Crippen molar-refractivity contribution in [3.8, 4) is 0 Å². The molecule has 0 saturated carbocycles. The van der Waals surface area contributed by atoms with Crippen LogP contribution in [-0.4, -0.2) is 60.5 Å². The van der Waals surface area contributed by atoms with E-state index < -0.39 is 6.04 Å². The van der Waals surface area contributed by atoms with Gasteiger partial charge in [-0.2, -0.15) is 0 Å². The van der Waals surface area contributed by atoms with Crippen LogP contribution in [0.3, 0.4) is 0 Å². The van der Waals surface area contributed by atoms with Crippen molar-refractivity contribution in [2.45, 2.75) is 51.2 Å². The van der Waals surface area contributed by atoms with Gasteiger partial charge in [0.25, 0.3) is 5.91 Å². The fourth-order valence-electron chi connectivity index (χ4n) is 3.62. The van der Waals surface area contributed by atoms with E-state index >= 15 is 0 Å². The first-order valence-corrected chi connectivity index (χ1v) is 10.4. The summed E-state index contributed by atoms with van der Waals surface area (Å²) in [6.07, 6.45) is 2.33. The third-order valence-corrected chi connectivity index (χ3v) is 6.07. The van der Waals surface area contributed by atoms with Crippen molar-refractivity contribution in [1.29, 1.82) is 0 Å². The van der Waals surface area contributed by atoms with E-state index in [9.17, 15) is 14.4 Å². The molecule has 0 aromatic carbocycles. The number of nitrogens with zero attached hydrogens (tertiary/aromatic N) is 1. The maximum Gasteiger partial charge on any atom is 0.323 e. The maximum atomic E-state index is 12.7. The smallest absolute Gasteiger partial charge is 0.323 e. The van der Waals surface area contributed by atoms with Crippen LogP contribution >= 0.6 is 11.3 Å². The lowest BCUT2D eigenvalue weighted by molar-refractivity contribution is -0.142. The van der Waals surface area contributed by atoms with Gasteiger partial charge in [0.2, 0.25) is 5.91 Å². The van der Waals surface area contributed by atoms with Gasteiger partial charge in [-0.15, -0.1) is 11.3 Å². The molecule has 1 aromatic rings. The van der Waals surface area contributed by atoms with E-state index in [0.717, 1.165) is 32.4 Å². The predicted molar refractivity (Wildman–Crippen MR) is 103 cm³/mol. The standard InChI is InChI=1S/C19H27N3O4S/c1-12(2)16(21-17(23)15-4-3-11-27-15)18(24)20-13-5-8-22(9-6-13)14-7-10-26-19(14)25/h3-4,11-14,16H,5-10H2,1-2H3,(H,20,24)(H,21,23)/t14-,16+/m0/s1. The number of likely N-dealkylation sites (tertiary alicyclic amines) is 1. The van der Waals surface area contributed by atoms with Crippen molar-refractivity contribution in [3.63, 3.8) is 0 Å². The van der Waals surface area contributed by atoms with Gasteiger partial charge in [0.15, 0.2) is 0 Å². The molecule has 3 rings (SSSR count). The summed E-state index contributed by atoms with van der Waals surface area (Å²) in [5, 5.41) is 7.78. The number of carbonyl (C=O) groups is 3. The van der Waals surface area contributed by atoms with Crippen LogP contribution in [0.4, 0.5) is 0 Å². The number of esters is 1. The van der Waals surface area contributed by atoms with Gasteiger partial charge in [-0.05, 0) is 30.2 Å². The molecule has 2 saturated heterocycles. The summed E-state index contributed by atoms with van der Waals surface area (Å²) in [7, 11) is 0. The van der Waals surface area contributed by atoms with Crippen LogP contribution in [0.15, 0.2) is 17.5 Å². The summed E-state index contributed by atoms with van der Waals surface area (Å²) in [5.41, 5.74) is 0. The topological polar surface area (TPSA) is 87.7 Å². The van der Waals surface area contributed by atoms with Crippen LogP contribution in [0.25, 0.3) is 0 Å². The summed E-state index contributed by atoms with van der Waals surface area (Å²) >= 11 is 1.36. The van der Waals surface area contributed by atoms with Crippen molar-refractivity contribution in [2.24, 2.45) is 5.92 Å². The highest BCUT2D eigenvalue weighted by molar-refractivity contribution is 7.12. The molecule has 2 aliphatic heterocycles. The molecule has 3 heterocycles. The second kappa shape index (κ2) is 8.84. The van der Waals surface area contributed by atoms with E-state index in [1.54, 1.807) is 6.07 Å². The first kappa shape index (κ1) is 19.8. The highest BCUT2D eigenvalue weighted by atomic mass is 32.1. The molecular formula is C19H27N3O4S. The van der Waals surface area contributed by atoms with Crippen molar-refractivity contribution < 1.29 is 19.1 Å². The summed E-state index contributed by atoms with van der Waals surface area (Å²) < 4.78 is 5.05. The molecule has 0 radical (unpaired) electrons. The second-order valence-corrected chi connectivity index (χ2v) is 8.41. The van der Waals surface area contributed by atoms with E-state index in [2.05, 4.69) is 15.5 Å². The zero-order chi connectivity index (χ0) is 19.4. The first-order valence-electron chi connectivity index (χ1n) is 9.51. The van der Waals surface area contributed by atoms with Crippen LogP contribution in [0.1, 0.15) is 42.8 Å². The number of cyclic esters (lactones) is 1. The molecule has 0 spiro atoms. The van der Waals surface area contributed by atoms with E-state index in [-0.39, 0.29) is 35.8 Å². The summed E-state index contributed by atoms with van der Waals surface area (Å²) in [6.45, 7) is 5.87. The van der Waals surface area contributed by atoms with Crippen LogP contribution in [0.5, 0.6) is 0 Å². The number of hydrogen-bond donors (Lipinski definition) is 2. The van der Waals surface area contributed by atoms with Gasteiger partial charge in [0.1, 0.15) is 12.1 Å². The largest absolute Gasteiger partial charge is 0.464 e. The minimum absolute atomic E-state index is 0.0118. The normalized spacial score (nSPS) is 22.5. The lowest BCUT2D eigenvalue weighted by Crippen LogP contribution is -2.55. The quantitative estimate of drug-likeness (QED) is 0.714. The third-order valence-electron chi connectivity index (χ3n) is 5.21. The van der Waals surface area contributed by atoms with Gasteiger partial charge in [0, 0.05) is 25.6 Å². The number of amides is 2. The molecule has 0 unspecified atom stereocenters. The monoisotopic (exact) mass is 393 g/mol. The number of piperidine rings is 1. The van der Waals surface area contributed by atoms with Gasteiger partial charge in [-0.1, -0.05) is 19.9 Å². The Morgan fingerprint density at radius 1 is 1.26 bits per heavy atom. The second-order valence-electron chi connectivity index (χ2n) is 7.46. The zero-order valence-electron chi connectivity index (χ0n) is 15.8. The molecule has 2 N–H and O–H groups in total. The number of rotatable bonds is 6. The van der Waals surface area contributed by atoms with Gasteiger partial charge in [-0.25, -0.2) is 0 Å². The molecule has 1 aromatic heterocycles. The molecule has 0 aliphatic carbocycles. The van der Waals surface area contributed by atoms with Crippen LogP contribution < -0.4 is 10.6 Å². The average molecular weight is 394 g/mol. The Kier molecular flexibility index (Phi) is 6.49. The molecule has 8 heteroatoms. The highest BCUT2D eigenvalue weighted by Crippen LogP contribution is 2.20. The first-order chi connectivity index (χ1) is 13.0. The van der Waals surface area contributed by atoms with Gasteiger partial charge in [-0.3, -0.25) is 19.3 Å². The van der Waals surface area contributed by atoms with Crippen molar-refractivity contribution in [1.82, 2.24) is 15.5 Å². The zero-order valence-corrected chi connectivity index (χ0v) is 16.6. The Labute approximate surface area is 163 Å². The SMILES string of the molecule is CC(C)[C@@H](NC(=O)c1cccs1)C(=O)NC1CCN([C@H]2CCOC2=O)CC1. The molecule has 148 valence electrons. The minimum atomic E-state index is -0.567. The molecule has 2 atom stereocenters.